The van der Waals surface area contributed by atoms with Gasteiger partial charge in [0.2, 0.25) is 0 Å². The largest absolute Gasteiger partial charge is 0.245 e. The molecular weight excluding hydrogens is 102 g/mol. The highest BCUT2D eigenvalue weighted by atomic mass is 15.8. The third kappa shape index (κ3) is 5.67. The van der Waals surface area contributed by atoms with Crippen LogP contribution in [0.5, 0.6) is 0 Å². The van der Waals surface area contributed by atoms with Gasteiger partial charge in [0.1, 0.15) is 20.3 Å². The highest BCUT2D eigenvalue weighted by Gasteiger charge is 1.82. The molecule has 0 aliphatic heterocycles. The molecular formula is C7H16N+. The molecule has 0 saturated heterocycles. The SMILES string of the molecule is C/[15N+]([13CH3])=C/CC[13CH2][13CH3]. The molecule has 0 aliphatic carbocycles. The van der Waals surface area contributed by atoms with Crippen LogP contribution in [-0.4, -0.2) is 24.9 Å². The summed E-state index contributed by atoms with van der Waals surface area (Å²) in [5.74, 6) is 0. The fraction of sp³-hybridized carbons (Fsp3) is 0.857. The van der Waals surface area contributed by atoms with Crippen molar-refractivity contribution in [2.24, 2.45) is 0 Å². The maximum absolute atomic E-state index is 2.21. The van der Waals surface area contributed by atoms with Crippen LogP contribution in [0.1, 0.15) is 26.2 Å². The summed E-state index contributed by atoms with van der Waals surface area (Å²) in [6.45, 7) is 2.21. The van der Waals surface area contributed by atoms with Crippen LogP contribution in [0.3, 0.4) is 0 Å². The quantitative estimate of drug-likeness (QED) is 0.174. The number of unbranched alkanes of at least 4 members (excludes halogenated alkanes) is 2. The van der Waals surface area contributed by atoms with Gasteiger partial charge in [0.05, 0.1) is 0 Å². The van der Waals surface area contributed by atoms with Gasteiger partial charge in [-0.1, -0.05) is 13.3 Å². The highest BCUT2D eigenvalue weighted by molar-refractivity contribution is 5.50. The molecule has 1 nitrogen and oxygen atoms in total. The average Bonchev–Trinajstić information content (AvgIpc) is 1.66. The van der Waals surface area contributed by atoms with E-state index in [-0.39, 0.29) is 0 Å². The minimum absolute atomic E-state index is 1.23. The molecule has 0 spiro atoms. The lowest BCUT2D eigenvalue weighted by molar-refractivity contribution is -0.460. The summed E-state index contributed by atoms with van der Waals surface area (Å²) in [5.41, 5.74) is 0. The van der Waals surface area contributed by atoms with Gasteiger partial charge in [0, 0.05) is 6.42 Å². The van der Waals surface area contributed by atoms with Crippen LogP contribution in [0.25, 0.3) is 0 Å². The summed E-state index contributed by atoms with van der Waals surface area (Å²) in [7, 11) is 4.13. The number of hydrogen-bond acceptors (Lipinski definition) is 0. The molecule has 0 aliphatic rings. The van der Waals surface area contributed by atoms with Crippen molar-refractivity contribution < 1.29 is 4.58 Å². The van der Waals surface area contributed by atoms with E-state index in [1.54, 1.807) is 0 Å². The van der Waals surface area contributed by atoms with Gasteiger partial charge in [-0.2, -0.15) is 0 Å². The third-order valence-electron chi connectivity index (χ3n) is 1.05. The summed E-state index contributed by atoms with van der Waals surface area (Å²) in [5, 5.41) is 0. The van der Waals surface area contributed by atoms with E-state index in [4.69, 9.17) is 0 Å². The van der Waals surface area contributed by atoms with Crippen LogP contribution >= 0.6 is 0 Å². The van der Waals surface area contributed by atoms with Crippen LogP contribution in [0, 0.1) is 0 Å². The Labute approximate surface area is 52.0 Å². The molecule has 0 radical (unpaired) electrons. The lowest BCUT2D eigenvalue weighted by atomic mass is 10.4. The lowest BCUT2D eigenvalue weighted by Gasteiger charge is -1.85. The van der Waals surface area contributed by atoms with Crippen molar-refractivity contribution in [3.8, 4) is 0 Å². The molecule has 0 aromatic rings. The Morgan fingerprint density at radius 2 is 2.00 bits per heavy atom. The maximum Gasteiger partial charge on any atom is 0.139 e. The molecule has 0 saturated carbocycles. The van der Waals surface area contributed by atoms with E-state index in [1.807, 2.05) is 0 Å². The predicted molar refractivity (Wildman–Crippen MR) is 37.7 cm³/mol. The topological polar surface area (TPSA) is 3.01 Å². The third-order valence-corrected chi connectivity index (χ3v) is 1.05. The van der Waals surface area contributed by atoms with Gasteiger partial charge in [-0.05, 0) is 6.42 Å². The van der Waals surface area contributed by atoms with E-state index in [9.17, 15) is 0 Å². The van der Waals surface area contributed by atoms with Gasteiger partial charge >= 0.3 is 0 Å². The first-order valence-corrected chi connectivity index (χ1v) is 3.27. The van der Waals surface area contributed by atoms with E-state index >= 15 is 0 Å². The van der Waals surface area contributed by atoms with Crippen LogP contribution in [0.4, 0.5) is 0 Å². The summed E-state index contributed by atoms with van der Waals surface area (Å²) in [6.07, 6.45) is 6.05. The molecule has 0 aromatic carbocycles. The maximum atomic E-state index is 2.21. The zero-order valence-electron chi connectivity index (χ0n) is 6.15. The van der Waals surface area contributed by atoms with E-state index < -0.39 is 0 Å². The zero-order chi connectivity index (χ0) is 6.41. The van der Waals surface area contributed by atoms with Gasteiger partial charge < -0.3 is 0 Å². The molecule has 0 heterocycles. The van der Waals surface area contributed by atoms with Crippen molar-refractivity contribution in [3.05, 3.63) is 0 Å². The average molecular weight is 118 g/mol. The first-order chi connectivity index (χ1) is 3.77. The molecule has 8 heavy (non-hydrogen) atoms. The summed E-state index contributed by atoms with van der Waals surface area (Å²) in [6, 6.07) is 0. The fourth-order valence-electron chi connectivity index (χ4n) is 0.554. The van der Waals surface area contributed by atoms with Crippen LogP contribution < -0.4 is 0 Å². The zero-order valence-corrected chi connectivity index (χ0v) is 6.15. The molecule has 0 fully saturated rings. The Hall–Kier alpha value is -0.330. The van der Waals surface area contributed by atoms with Gasteiger partial charge in [0.15, 0.2) is 0 Å². The fourth-order valence-corrected chi connectivity index (χ4v) is 0.554. The normalized spacial score (nSPS) is 12.1. The van der Waals surface area contributed by atoms with Gasteiger partial charge in [-0.25, -0.2) is 4.58 Å². The number of nitrogens with zero attached hydrogens (tertiary/aromatic N) is 1. The van der Waals surface area contributed by atoms with Crippen LogP contribution in [0.2, 0.25) is 0 Å². The number of hydrogen-bond donors (Lipinski definition) is 0. The molecule has 0 amide bonds. The highest BCUT2D eigenvalue weighted by Crippen LogP contribution is 1.88. The summed E-state index contributed by atoms with van der Waals surface area (Å²) >= 11 is 0. The smallest absolute Gasteiger partial charge is 0.139 e. The van der Waals surface area contributed by atoms with Crippen molar-refractivity contribution in [3.63, 3.8) is 0 Å². The first-order valence-electron chi connectivity index (χ1n) is 3.27. The van der Waals surface area contributed by atoms with Gasteiger partial charge in [-0.3, -0.25) is 0 Å². The Kier molecular flexibility index (Phi) is 4.62. The van der Waals surface area contributed by atoms with Crippen molar-refractivity contribution in [1.29, 1.82) is 0 Å². The molecule has 0 atom stereocenters. The second-order valence-corrected chi connectivity index (χ2v) is 2.29. The van der Waals surface area contributed by atoms with Crippen LogP contribution in [0.15, 0.2) is 0 Å². The predicted octanol–water partition coefficient (Wildman–Crippen LogP) is 1.52. The van der Waals surface area contributed by atoms with Crippen molar-refractivity contribution >= 4 is 6.21 Å². The minimum atomic E-state index is 1.23. The molecule has 0 N–H and O–H groups in total. The second kappa shape index (κ2) is 4.82. The molecule has 0 aromatic heterocycles. The van der Waals surface area contributed by atoms with Crippen molar-refractivity contribution in [2.75, 3.05) is 14.1 Å². The van der Waals surface area contributed by atoms with Crippen LogP contribution in [-0.2, 0) is 0 Å². The standard InChI is InChI=1S/C7H16N/c1-4-5-6-7-8(2)3/h7H,4-6H2,1-3H3/q+1/i1+1,2+1,4+1,8+1/b8-7+. The Balaban J connectivity index is 3.03. The molecule has 1 heteroatoms. The van der Waals surface area contributed by atoms with Crippen molar-refractivity contribution in [1.82, 2.24) is 0 Å². The molecule has 0 bridgehead atoms. The van der Waals surface area contributed by atoms with E-state index in [2.05, 4.69) is 31.8 Å². The molecule has 0 rings (SSSR count). The van der Waals surface area contributed by atoms with Gasteiger partial charge in [0.25, 0.3) is 0 Å². The summed E-state index contributed by atoms with van der Waals surface area (Å²) in [4.78, 5) is 0. The summed E-state index contributed by atoms with van der Waals surface area (Å²) < 4.78 is 2.11. The monoisotopic (exact) mass is 118 g/mol. The Morgan fingerprint density at radius 3 is 2.38 bits per heavy atom. The van der Waals surface area contributed by atoms with E-state index in [0.29, 0.717) is 0 Å². The lowest BCUT2D eigenvalue weighted by Crippen LogP contribution is -1.97. The molecule has 48 valence electrons. The minimum Gasteiger partial charge on any atom is -0.245 e. The Morgan fingerprint density at radius 1 is 1.38 bits per heavy atom. The van der Waals surface area contributed by atoms with E-state index in [0.717, 1.165) is 0 Å². The Bertz CT molecular complexity index is 70.5. The molecule has 0 unspecified atom stereocenters. The van der Waals surface area contributed by atoms with Crippen molar-refractivity contribution in [2.45, 2.75) is 26.2 Å². The number of rotatable bonds is 3. The first kappa shape index (κ1) is 7.67. The second-order valence-electron chi connectivity index (χ2n) is 2.29. The van der Waals surface area contributed by atoms with Gasteiger partial charge in [-0.15, -0.1) is 0 Å². The van der Waals surface area contributed by atoms with E-state index in [1.165, 1.54) is 19.3 Å².